The van der Waals surface area contributed by atoms with Crippen molar-refractivity contribution in [1.29, 1.82) is 0 Å². The van der Waals surface area contributed by atoms with Crippen LogP contribution in [0.3, 0.4) is 0 Å². The molecule has 2 saturated heterocycles. The van der Waals surface area contributed by atoms with Crippen molar-refractivity contribution in [2.24, 2.45) is 5.92 Å². The van der Waals surface area contributed by atoms with Crippen LogP contribution in [0, 0.1) is 5.92 Å². The Kier molecular flexibility index (Phi) is 4.33. The largest absolute Gasteiger partial charge is 0.459 e. The zero-order chi connectivity index (χ0) is 20.1. The summed E-state index contributed by atoms with van der Waals surface area (Å²) in [5, 5.41) is 4.85. The van der Waals surface area contributed by atoms with Gasteiger partial charge in [0.1, 0.15) is 11.3 Å². The molecular weight excluding hydrogens is 362 g/mol. The second kappa shape index (κ2) is 6.48. The minimum atomic E-state index is -0.792. The molecule has 1 N–H and O–H groups in total. The van der Waals surface area contributed by atoms with Crippen molar-refractivity contribution in [2.45, 2.75) is 44.4 Å². The van der Waals surface area contributed by atoms with Gasteiger partial charge in [-0.1, -0.05) is 12.1 Å². The molecule has 4 rings (SSSR count). The summed E-state index contributed by atoms with van der Waals surface area (Å²) in [6.07, 6.45) is 1.16. The summed E-state index contributed by atoms with van der Waals surface area (Å²) in [6, 6.07) is 7.34. The summed E-state index contributed by atoms with van der Waals surface area (Å²) in [6.45, 7) is 4.47. The van der Waals surface area contributed by atoms with Gasteiger partial charge in [-0.2, -0.15) is 5.06 Å². The second-order valence-electron chi connectivity index (χ2n) is 8.14. The van der Waals surface area contributed by atoms with Crippen LogP contribution < -0.4 is 5.32 Å². The average Bonchev–Trinajstić information content (AvgIpc) is 2.94. The van der Waals surface area contributed by atoms with E-state index in [2.05, 4.69) is 5.32 Å². The molecule has 0 saturated carbocycles. The maximum Gasteiger partial charge on any atom is 0.307 e. The van der Waals surface area contributed by atoms with Crippen LogP contribution in [0.25, 0.3) is 0 Å². The monoisotopic (exact) mass is 387 g/mol. The Balaban J connectivity index is 1.52. The van der Waals surface area contributed by atoms with Crippen molar-refractivity contribution in [3.05, 3.63) is 29.8 Å². The SMILES string of the molecule is CON1C(=O)c2ccccc2NC12CCN(C(=O)C1CC(=O)OC1(C)C)CC2. The highest BCUT2D eigenvalue weighted by Crippen LogP contribution is 2.39. The smallest absolute Gasteiger partial charge is 0.307 e. The van der Waals surface area contributed by atoms with Gasteiger partial charge in [0.25, 0.3) is 5.91 Å². The van der Waals surface area contributed by atoms with Crippen LogP contribution in [-0.4, -0.2) is 59.2 Å². The second-order valence-corrected chi connectivity index (χ2v) is 8.14. The van der Waals surface area contributed by atoms with Gasteiger partial charge in [0.2, 0.25) is 5.91 Å². The highest BCUT2D eigenvalue weighted by Gasteiger charge is 2.51. The van der Waals surface area contributed by atoms with E-state index in [0.29, 0.717) is 31.5 Å². The van der Waals surface area contributed by atoms with E-state index in [-0.39, 0.29) is 24.2 Å². The number of likely N-dealkylation sites (tertiary alicyclic amines) is 1. The Morgan fingerprint density at radius 2 is 1.89 bits per heavy atom. The summed E-state index contributed by atoms with van der Waals surface area (Å²) >= 11 is 0. The van der Waals surface area contributed by atoms with E-state index in [1.165, 1.54) is 12.2 Å². The molecule has 0 aromatic heterocycles. The van der Waals surface area contributed by atoms with Crippen LogP contribution in [0.2, 0.25) is 0 Å². The lowest BCUT2D eigenvalue weighted by molar-refractivity contribution is -0.173. The average molecular weight is 387 g/mol. The molecule has 3 aliphatic heterocycles. The molecule has 2 fully saturated rings. The quantitative estimate of drug-likeness (QED) is 0.779. The van der Waals surface area contributed by atoms with Crippen molar-refractivity contribution in [3.8, 4) is 0 Å². The molecule has 1 aromatic carbocycles. The fourth-order valence-corrected chi connectivity index (χ4v) is 4.49. The van der Waals surface area contributed by atoms with Gasteiger partial charge in [0, 0.05) is 31.6 Å². The standard InChI is InChI=1S/C20H25N3O5/c1-19(2)14(12-16(24)28-19)18(26)22-10-8-20(9-11-22)21-15-7-5-4-6-13(15)17(25)23(20)27-3/h4-7,14,21H,8-12H2,1-3H3. The highest BCUT2D eigenvalue weighted by atomic mass is 16.7. The number of anilines is 1. The van der Waals surface area contributed by atoms with Gasteiger partial charge in [-0.15, -0.1) is 0 Å². The Morgan fingerprint density at radius 3 is 2.50 bits per heavy atom. The summed E-state index contributed by atoms with van der Waals surface area (Å²) in [4.78, 5) is 44.8. The number of piperidine rings is 1. The van der Waals surface area contributed by atoms with Gasteiger partial charge in [-0.05, 0) is 26.0 Å². The van der Waals surface area contributed by atoms with Gasteiger partial charge in [0.15, 0.2) is 0 Å². The van der Waals surface area contributed by atoms with Crippen LogP contribution in [-0.2, 0) is 19.2 Å². The maximum atomic E-state index is 13.0. The predicted molar refractivity (Wildman–Crippen MR) is 100 cm³/mol. The highest BCUT2D eigenvalue weighted by molar-refractivity contribution is 6.01. The summed E-state index contributed by atoms with van der Waals surface area (Å²) in [5.74, 6) is -1.07. The molecule has 1 atom stereocenters. The van der Waals surface area contributed by atoms with Crippen molar-refractivity contribution in [1.82, 2.24) is 9.96 Å². The number of hydrogen-bond donors (Lipinski definition) is 1. The fraction of sp³-hybridized carbons (Fsp3) is 0.550. The Bertz CT molecular complexity index is 829. The lowest BCUT2D eigenvalue weighted by atomic mass is 9.87. The number of hydrogen-bond acceptors (Lipinski definition) is 6. The number of carbonyl (C=O) groups excluding carboxylic acids is 3. The van der Waals surface area contributed by atoms with E-state index >= 15 is 0 Å². The van der Waals surface area contributed by atoms with Crippen LogP contribution in [0.1, 0.15) is 43.5 Å². The number of nitrogens with one attached hydrogen (secondary N) is 1. The van der Waals surface area contributed by atoms with E-state index in [0.717, 1.165) is 5.69 Å². The number of nitrogens with zero attached hydrogens (tertiary/aromatic N) is 2. The van der Waals surface area contributed by atoms with Gasteiger partial charge in [0.05, 0.1) is 25.0 Å². The number of carbonyl (C=O) groups is 3. The Hall–Kier alpha value is -2.61. The molecule has 0 bridgehead atoms. The molecule has 1 aromatic rings. The number of para-hydroxylation sites is 1. The summed E-state index contributed by atoms with van der Waals surface area (Å²) < 4.78 is 5.30. The van der Waals surface area contributed by atoms with Crippen molar-refractivity contribution in [2.75, 3.05) is 25.5 Å². The lowest BCUT2D eigenvalue weighted by Gasteiger charge is -2.50. The van der Waals surface area contributed by atoms with Gasteiger partial charge in [-0.3, -0.25) is 19.2 Å². The summed E-state index contributed by atoms with van der Waals surface area (Å²) in [5.41, 5.74) is -0.151. The molecule has 150 valence electrons. The molecule has 8 nitrogen and oxygen atoms in total. The number of hydroxylamine groups is 2. The van der Waals surface area contributed by atoms with Gasteiger partial charge < -0.3 is 15.0 Å². The number of esters is 1. The number of ether oxygens (including phenoxy) is 1. The Labute approximate surface area is 163 Å². The lowest BCUT2D eigenvalue weighted by Crippen LogP contribution is -2.64. The number of fused-ring (bicyclic) bond motifs is 1. The van der Waals surface area contributed by atoms with Crippen LogP contribution in [0.15, 0.2) is 24.3 Å². The molecule has 1 spiro atoms. The molecule has 8 heteroatoms. The molecule has 1 unspecified atom stereocenters. The first-order valence-electron chi connectivity index (χ1n) is 9.54. The molecular formula is C20H25N3O5. The zero-order valence-electron chi connectivity index (χ0n) is 16.4. The number of rotatable bonds is 2. The predicted octanol–water partition coefficient (Wildman–Crippen LogP) is 1.78. The number of benzene rings is 1. The van der Waals surface area contributed by atoms with E-state index in [4.69, 9.17) is 9.57 Å². The van der Waals surface area contributed by atoms with Gasteiger partial charge in [-0.25, -0.2) is 0 Å². The van der Waals surface area contributed by atoms with E-state index in [9.17, 15) is 14.4 Å². The van der Waals surface area contributed by atoms with Crippen LogP contribution in [0.4, 0.5) is 5.69 Å². The normalized spacial score (nSPS) is 25.3. The van der Waals surface area contributed by atoms with Crippen molar-refractivity contribution in [3.63, 3.8) is 0 Å². The first-order valence-corrected chi connectivity index (χ1v) is 9.54. The minimum Gasteiger partial charge on any atom is -0.459 e. The first kappa shape index (κ1) is 18.7. The minimum absolute atomic E-state index is 0.0720. The zero-order valence-corrected chi connectivity index (χ0v) is 16.4. The van der Waals surface area contributed by atoms with E-state index < -0.39 is 17.2 Å². The molecule has 28 heavy (non-hydrogen) atoms. The fourth-order valence-electron chi connectivity index (χ4n) is 4.49. The van der Waals surface area contributed by atoms with E-state index in [1.807, 2.05) is 18.2 Å². The number of cyclic esters (lactones) is 1. The molecule has 3 heterocycles. The molecule has 2 amide bonds. The van der Waals surface area contributed by atoms with Crippen LogP contribution in [0.5, 0.6) is 0 Å². The Morgan fingerprint density at radius 1 is 1.21 bits per heavy atom. The third kappa shape index (κ3) is 2.83. The van der Waals surface area contributed by atoms with E-state index in [1.54, 1.807) is 24.8 Å². The first-order chi connectivity index (χ1) is 13.3. The maximum absolute atomic E-state index is 13.0. The third-order valence-corrected chi connectivity index (χ3v) is 6.07. The molecule has 0 aliphatic carbocycles. The molecule has 0 radical (unpaired) electrons. The van der Waals surface area contributed by atoms with Crippen molar-refractivity contribution < 1.29 is 24.0 Å². The van der Waals surface area contributed by atoms with Crippen LogP contribution >= 0.6 is 0 Å². The molecule has 3 aliphatic rings. The third-order valence-electron chi connectivity index (χ3n) is 6.07. The number of amides is 2. The van der Waals surface area contributed by atoms with Crippen molar-refractivity contribution >= 4 is 23.5 Å². The topological polar surface area (TPSA) is 88.2 Å². The summed E-state index contributed by atoms with van der Waals surface area (Å²) in [7, 11) is 1.48. The van der Waals surface area contributed by atoms with Gasteiger partial charge >= 0.3 is 5.97 Å².